The van der Waals surface area contributed by atoms with Gasteiger partial charge in [0, 0.05) is 29.5 Å². The maximum atomic E-state index is 13.9. The molecule has 0 bridgehead atoms. The van der Waals surface area contributed by atoms with Gasteiger partial charge in [0.2, 0.25) is 11.8 Å². The second-order valence-electron chi connectivity index (χ2n) is 9.62. The summed E-state index contributed by atoms with van der Waals surface area (Å²) < 4.78 is 0. The van der Waals surface area contributed by atoms with Crippen LogP contribution in [-0.2, 0) is 9.59 Å². The molecule has 188 valence electrons. The number of Topliss-reactive ketones (excluding diaryl/α,β-unsaturated/α-hetero) is 2. The Morgan fingerprint density at radius 2 is 1.47 bits per heavy atom. The number of amides is 2. The van der Waals surface area contributed by atoms with Gasteiger partial charge in [-0.3, -0.25) is 29.3 Å². The Bertz CT molecular complexity index is 1560. The second kappa shape index (κ2) is 8.58. The van der Waals surface area contributed by atoms with Crippen LogP contribution in [0.1, 0.15) is 44.8 Å². The fraction of sp³-hybridized carbons (Fsp3) is 0.172. The Morgan fingerprint density at radius 1 is 0.842 bits per heavy atom. The van der Waals surface area contributed by atoms with E-state index in [4.69, 9.17) is 0 Å². The van der Waals surface area contributed by atoms with Gasteiger partial charge in [-0.2, -0.15) is 0 Å². The molecule has 9 heteroatoms. The van der Waals surface area contributed by atoms with Crippen molar-refractivity contribution in [3.8, 4) is 0 Å². The first-order valence-corrected chi connectivity index (χ1v) is 12.1. The molecule has 3 aliphatic rings. The fourth-order valence-corrected chi connectivity index (χ4v) is 5.87. The fourth-order valence-electron chi connectivity index (χ4n) is 5.87. The number of ketones is 2. The number of nitro groups is 1. The number of non-ortho nitro benzene ring substituents is 1. The average Bonchev–Trinajstić information content (AvgIpc) is 3.40. The molecule has 2 fully saturated rings. The van der Waals surface area contributed by atoms with Gasteiger partial charge in [0.05, 0.1) is 28.5 Å². The molecule has 3 aliphatic heterocycles. The van der Waals surface area contributed by atoms with Gasteiger partial charge in [0.15, 0.2) is 11.6 Å². The summed E-state index contributed by atoms with van der Waals surface area (Å²) in [6, 6.07) is 17.6. The number of anilines is 1. The number of imide groups is 1. The first kappa shape index (κ1) is 23.5. The van der Waals surface area contributed by atoms with Gasteiger partial charge in [-0.05, 0) is 60.5 Å². The molecule has 4 atom stereocenters. The molecule has 0 radical (unpaired) electrons. The van der Waals surface area contributed by atoms with E-state index in [-0.39, 0.29) is 17.0 Å². The van der Waals surface area contributed by atoms with Crippen LogP contribution in [0.25, 0.3) is 6.08 Å². The third-order valence-corrected chi connectivity index (χ3v) is 7.62. The smallest absolute Gasteiger partial charge is 0.269 e. The molecular formula is C29H21N3O6. The number of benzene rings is 3. The maximum absolute atomic E-state index is 13.9. The van der Waals surface area contributed by atoms with Crippen molar-refractivity contribution < 1.29 is 24.1 Å². The first-order chi connectivity index (χ1) is 18.3. The minimum Gasteiger partial charge on any atom is -0.358 e. The summed E-state index contributed by atoms with van der Waals surface area (Å²) in [5.41, 5.74) is 2.61. The number of nitrogens with zero attached hydrogens (tertiary/aromatic N) is 3. The Balaban J connectivity index is 1.45. The van der Waals surface area contributed by atoms with Crippen molar-refractivity contribution in [2.75, 3.05) is 4.90 Å². The Morgan fingerprint density at radius 3 is 2.13 bits per heavy atom. The van der Waals surface area contributed by atoms with Gasteiger partial charge < -0.3 is 4.90 Å². The van der Waals surface area contributed by atoms with Crippen molar-refractivity contribution in [1.29, 1.82) is 0 Å². The quantitative estimate of drug-likeness (QED) is 0.220. The third kappa shape index (κ3) is 3.39. The summed E-state index contributed by atoms with van der Waals surface area (Å²) >= 11 is 0. The molecule has 0 aromatic heterocycles. The van der Waals surface area contributed by atoms with Crippen LogP contribution >= 0.6 is 0 Å². The predicted molar refractivity (Wildman–Crippen MR) is 137 cm³/mol. The highest BCUT2D eigenvalue weighted by Gasteiger charge is 2.64. The summed E-state index contributed by atoms with van der Waals surface area (Å²) in [7, 11) is 0. The van der Waals surface area contributed by atoms with E-state index in [0.717, 1.165) is 16.0 Å². The van der Waals surface area contributed by atoms with Crippen LogP contribution in [0, 0.1) is 22.0 Å². The van der Waals surface area contributed by atoms with Gasteiger partial charge in [-0.25, -0.2) is 4.90 Å². The molecule has 0 spiro atoms. The number of fused-ring (bicyclic) bond motifs is 5. The standard InChI is InChI=1S/C29H21N3O6/c1-16(33)17-6-10-20(11-7-17)31-28(35)23-24(29(31)36)26(27(34)19-8-12-21(13-9-19)32(37)38)30-15-14-18-4-2-3-5-22(18)25(23)30/h2-15,23-26H,1H3/t23-,24-,25-,26+/m1/s1. The minimum absolute atomic E-state index is 0.137. The first-order valence-electron chi connectivity index (χ1n) is 12.1. The lowest BCUT2D eigenvalue weighted by molar-refractivity contribution is -0.384. The summed E-state index contributed by atoms with van der Waals surface area (Å²) in [6.07, 6.45) is 3.61. The Labute approximate surface area is 217 Å². The van der Waals surface area contributed by atoms with Crippen molar-refractivity contribution in [1.82, 2.24) is 4.90 Å². The van der Waals surface area contributed by atoms with Gasteiger partial charge >= 0.3 is 0 Å². The zero-order chi connectivity index (χ0) is 26.7. The lowest BCUT2D eigenvalue weighted by Crippen LogP contribution is -2.44. The molecular weight excluding hydrogens is 486 g/mol. The third-order valence-electron chi connectivity index (χ3n) is 7.62. The van der Waals surface area contributed by atoms with Crippen molar-refractivity contribution in [2.24, 2.45) is 11.8 Å². The highest BCUT2D eigenvalue weighted by atomic mass is 16.6. The summed E-state index contributed by atoms with van der Waals surface area (Å²) in [6.45, 7) is 1.43. The molecule has 3 heterocycles. The molecule has 0 N–H and O–H groups in total. The van der Waals surface area contributed by atoms with Crippen LogP contribution in [0.5, 0.6) is 0 Å². The van der Waals surface area contributed by atoms with Gasteiger partial charge in [-0.15, -0.1) is 0 Å². The van der Waals surface area contributed by atoms with Crippen molar-refractivity contribution in [3.63, 3.8) is 0 Å². The van der Waals surface area contributed by atoms with E-state index >= 15 is 0 Å². The average molecular weight is 508 g/mol. The summed E-state index contributed by atoms with van der Waals surface area (Å²) in [4.78, 5) is 66.9. The lowest BCUT2D eigenvalue weighted by Gasteiger charge is -2.35. The molecule has 6 rings (SSSR count). The van der Waals surface area contributed by atoms with Crippen LogP contribution in [0.3, 0.4) is 0 Å². The van der Waals surface area contributed by atoms with E-state index in [1.807, 2.05) is 30.3 Å². The largest absolute Gasteiger partial charge is 0.358 e. The number of carbonyl (C=O) groups excluding carboxylic acids is 4. The van der Waals surface area contributed by atoms with Crippen molar-refractivity contribution in [3.05, 3.63) is 111 Å². The van der Waals surface area contributed by atoms with Crippen LogP contribution in [0.4, 0.5) is 11.4 Å². The molecule has 0 unspecified atom stereocenters. The van der Waals surface area contributed by atoms with Gasteiger partial charge in [0.25, 0.3) is 5.69 Å². The molecule has 2 amide bonds. The van der Waals surface area contributed by atoms with E-state index in [1.165, 1.54) is 31.2 Å². The molecule has 2 saturated heterocycles. The van der Waals surface area contributed by atoms with Crippen LogP contribution in [-0.4, -0.2) is 39.2 Å². The number of rotatable bonds is 5. The van der Waals surface area contributed by atoms with E-state index in [9.17, 15) is 29.3 Å². The molecule has 0 saturated carbocycles. The van der Waals surface area contributed by atoms with Gasteiger partial charge in [0.1, 0.15) is 6.04 Å². The topological polar surface area (TPSA) is 118 Å². The molecule has 3 aromatic rings. The zero-order valence-electron chi connectivity index (χ0n) is 20.2. The molecule has 3 aromatic carbocycles. The molecule has 38 heavy (non-hydrogen) atoms. The highest BCUT2D eigenvalue weighted by Crippen LogP contribution is 2.53. The second-order valence-corrected chi connectivity index (χ2v) is 9.62. The number of carbonyl (C=O) groups is 4. The monoisotopic (exact) mass is 507 g/mol. The van der Waals surface area contributed by atoms with E-state index in [0.29, 0.717) is 11.3 Å². The minimum atomic E-state index is -0.978. The number of hydrogen-bond acceptors (Lipinski definition) is 7. The normalized spacial score (nSPS) is 23.2. The van der Waals surface area contributed by atoms with Crippen molar-refractivity contribution >= 4 is 40.8 Å². The lowest BCUT2D eigenvalue weighted by atomic mass is 9.83. The maximum Gasteiger partial charge on any atom is 0.269 e. The predicted octanol–water partition coefficient (Wildman–Crippen LogP) is 4.20. The SMILES string of the molecule is CC(=O)c1ccc(N2C(=O)[C@@H]3[C@@H](C2=O)[C@H]2c4ccccc4C=CN2[C@@H]3C(=O)c2ccc([N+](=O)[O-])cc2)cc1. The Hall–Kier alpha value is -4.92. The van der Waals surface area contributed by atoms with E-state index < -0.39 is 46.4 Å². The Kier molecular flexibility index (Phi) is 5.30. The molecule has 9 nitrogen and oxygen atoms in total. The molecule has 0 aliphatic carbocycles. The summed E-state index contributed by atoms with van der Waals surface area (Å²) in [5, 5.41) is 11.1. The van der Waals surface area contributed by atoms with E-state index in [2.05, 4.69) is 0 Å². The van der Waals surface area contributed by atoms with Crippen molar-refractivity contribution in [2.45, 2.75) is 19.0 Å². The van der Waals surface area contributed by atoms with Gasteiger partial charge in [-0.1, -0.05) is 24.3 Å². The van der Waals surface area contributed by atoms with Crippen LogP contribution < -0.4 is 4.90 Å². The van der Waals surface area contributed by atoms with Crippen LogP contribution in [0.2, 0.25) is 0 Å². The zero-order valence-corrected chi connectivity index (χ0v) is 20.2. The number of hydrogen-bond donors (Lipinski definition) is 0. The highest BCUT2D eigenvalue weighted by molar-refractivity contribution is 6.24. The number of nitro benzene ring substituents is 1. The van der Waals surface area contributed by atoms with E-state index in [1.54, 1.807) is 35.4 Å². The summed E-state index contributed by atoms with van der Waals surface area (Å²) in [5.74, 6) is -3.20. The van der Waals surface area contributed by atoms with Crippen LogP contribution in [0.15, 0.2) is 79.0 Å².